The number of amides is 1. The molecule has 1 amide bonds. The summed E-state index contributed by atoms with van der Waals surface area (Å²) in [5, 5.41) is 0. The standard InChI is InChI=1S/C20H21F2N3O2/c1-3-5-13-6-4-7-15(12-13)20(17(26)25(2)19(23)24-20)14-8-10-16(11-9-14)27-18(21)22/h4,6-12,18H,3,5H2,1-2H3,(H2,23,24)/t20-/m1/s1. The first-order chi connectivity index (χ1) is 12.9. The molecular formula is C20H21F2N3O2. The van der Waals surface area contributed by atoms with Crippen molar-refractivity contribution < 1.29 is 18.3 Å². The molecule has 3 rings (SSSR count). The van der Waals surface area contributed by atoms with Gasteiger partial charge in [-0.2, -0.15) is 8.78 Å². The summed E-state index contributed by atoms with van der Waals surface area (Å²) >= 11 is 0. The molecule has 1 atom stereocenters. The molecule has 2 aromatic rings. The molecule has 0 aliphatic carbocycles. The van der Waals surface area contributed by atoms with Gasteiger partial charge in [-0.15, -0.1) is 0 Å². The Kier molecular flexibility index (Phi) is 5.12. The molecule has 1 heterocycles. The molecule has 0 bridgehead atoms. The van der Waals surface area contributed by atoms with E-state index >= 15 is 0 Å². The maximum absolute atomic E-state index is 13.2. The van der Waals surface area contributed by atoms with Crippen LogP contribution in [-0.4, -0.2) is 30.4 Å². The first kappa shape index (κ1) is 18.8. The number of nitrogens with two attached hydrogens (primary N) is 1. The third-order valence-electron chi connectivity index (χ3n) is 4.62. The summed E-state index contributed by atoms with van der Waals surface area (Å²) in [6.07, 6.45) is 1.84. The van der Waals surface area contributed by atoms with Crippen molar-refractivity contribution in [2.24, 2.45) is 10.7 Å². The van der Waals surface area contributed by atoms with Gasteiger partial charge in [-0.05, 0) is 35.2 Å². The Balaban J connectivity index is 2.13. The molecule has 7 heteroatoms. The van der Waals surface area contributed by atoms with Gasteiger partial charge < -0.3 is 10.5 Å². The lowest BCUT2D eigenvalue weighted by atomic mass is 9.82. The second kappa shape index (κ2) is 7.34. The number of guanidine groups is 1. The van der Waals surface area contributed by atoms with Crippen molar-refractivity contribution in [3.8, 4) is 5.75 Å². The molecule has 0 saturated carbocycles. The van der Waals surface area contributed by atoms with Crippen LogP contribution in [0.1, 0.15) is 30.0 Å². The third kappa shape index (κ3) is 3.37. The van der Waals surface area contributed by atoms with Gasteiger partial charge in [-0.25, -0.2) is 4.99 Å². The fourth-order valence-electron chi connectivity index (χ4n) is 3.30. The highest BCUT2D eigenvalue weighted by molar-refractivity contribution is 6.08. The van der Waals surface area contributed by atoms with E-state index in [0.717, 1.165) is 18.4 Å². The van der Waals surface area contributed by atoms with E-state index in [2.05, 4.69) is 16.7 Å². The number of hydrogen-bond acceptors (Lipinski definition) is 4. The predicted octanol–water partition coefficient (Wildman–Crippen LogP) is 3.27. The van der Waals surface area contributed by atoms with E-state index in [1.807, 2.05) is 24.3 Å². The summed E-state index contributed by atoms with van der Waals surface area (Å²) in [5.41, 5.74) is 6.91. The molecule has 2 aromatic carbocycles. The lowest BCUT2D eigenvalue weighted by Gasteiger charge is -2.26. The highest BCUT2D eigenvalue weighted by Crippen LogP contribution is 2.40. The van der Waals surface area contributed by atoms with Crippen LogP contribution in [0, 0.1) is 0 Å². The van der Waals surface area contributed by atoms with Gasteiger partial charge in [0.2, 0.25) is 0 Å². The minimum absolute atomic E-state index is 0.0133. The number of aliphatic imine (C=N–C) groups is 1. The van der Waals surface area contributed by atoms with Crippen LogP contribution in [0.3, 0.4) is 0 Å². The fourth-order valence-corrected chi connectivity index (χ4v) is 3.30. The van der Waals surface area contributed by atoms with Crippen molar-refractivity contribution in [1.29, 1.82) is 0 Å². The lowest BCUT2D eigenvalue weighted by molar-refractivity contribution is -0.129. The monoisotopic (exact) mass is 373 g/mol. The van der Waals surface area contributed by atoms with Crippen LogP contribution in [0.4, 0.5) is 8.78 Å². The molecular weight excluding hydrogens is 352 g/mol. The number of carbonyl (C=O) groups excluding carboxylic acids is 1. The summed E-state index contributed by atoms with van der Waals surface area (Å²) in [6.45, 7) is -0.835. The molecule has 1 aliphatic heterocycles. The van der Waals surface area contributed by atoms with E-state index in [-0.39, 0.29) is 17.6 Å². The smallest absolute Gasteiger partial charge is 0.387 e. The van der Waals surface area contributed by atoms with Crippen molar-refractivity contribution in [2.45, 2.75) is 31.9 Å². The number of likely N-dealkylation sites (N-methyl/N-ethyl adjacent to an activating group) is 1. The van der Waals surface area contributed by atoms with Gasteiger partial charge in [0, 0.05) is 7.05 Å². The molecule has 2 N–H and O–H groups in total. The minimum atomic E-state index is -2.91. The predicted molar refractivity (Wildman–Crippen MR) is 98.7 cm³/mol. The van der Waals surface area contributed by atoms with Crippen LogP contribution >= 0.6 is 0 Å². The first-order valence-corrected chi connectivity index (χ1v) is 8.66. The zero-order valence-corrected chi connectivity index (χ0v) is 15.2. The molecule has 0 unspecified atom stereocenters. The van der Waals surface area contributed by atoms with Crippen LogP contribution < -0.4 is 10.5 Å². The summed E-state index contributed by atoms with van der Waals surface area (Å²) < 4.78 is 29.2. The highest BCUT2D eigenvalue weighted by Gasteiger charge is 2.49. The normalized spacial score (nSPS) is 19.5. The van der Waals surface area contributed by atoms with Crippen molar-refractivity contribution in [3.63, 3.8) is 0 Å². The topological polar surface area (TPSA) is 67.9 Å². The molecule has 0 spiro atoms. The fraction of sp³-hybridized carbons (Fsp3) is 0.300. The molecule has 0 aromatic heterocycles. The van der Waals surface area contributed by atoms with Crippen LogP contribution in [0.2, 0.25) is 0 Å². The number of alkyl halides is 2. The van der Waals surface area contributed by atoms with Gasteiger partial charge in [0.15, 0.2) is 11.5 Å². The number of aryl methyl sites for hydroxylation is 1. The van der Waals surface area contributed by atoms with Gasteiger partial charge in [0.25, 0.3) is 5.91 Å². The molecule has 0 fully saturated rings. The Hall–Kier alpha value is -2.96. The number of ether oxygens (including phenoxy) is 1. The van der Waals surface area contributed by atoms with E-state index in [1.54, 1.807) is 19.2 Å². The number of halogens is 2. The zero-order chi connectivity index (χ0) is 19.6. The van der Waals surface area contributed by atoms with Crippen LogP contribution in [0.25, 0.3) is 0 Å². The molecule has 0 saturated heterocycles. The van der Waals surface area contributed by atoms with Crippen LogP contribution in [0.5, 0.6) is 5.75 Å². The van der Waals surface area contributed by atoms with Gasteiger partial charge in [0.05, 0.1) is 0 Å². The Morgan fingerprint density at radius 1 is 1.19 bits per heavy atom. The quantitative estimate of drug-likeness (QED) is 0.845. The maximum Gasteiger partial charge on any atom is 0.387 e. The lowest BCUT2D eigenvalue weighted by Crippen LogP contribution is -2.41. The van der Waals surface area contributed by atoms with E-state index in [4.69, 9.17) is 5.73 Å². The van der Waals surface area contributed by atoms with Crippen molar-refractivity contribution in [2.75, 3.05) is 7.05 Å². The summed E-state index contributed by atoms with van der Waals surface area (Å²) in [6, 6.07) is 13.6. The van der Waals surface area contributed by atoms with E-state index in [9.17, 15) is 13.6 Å². The van der Waals surface area contributed by atoms with E-state index in [1.165, 1.54) is 17.0 Å². The molecule has 27 heavy (non-hydrogen) atoms. The second-order valence-electron chi connectivity index (χ2n) is 6.40. The van der Waals surface area contributed by atoms with Crippen molar-refractivity contribution in [1.82, 2.24) is 4.90 Å². The summed E-state index contributed by atoms with van der Waals surface area (Å²) in [7, 11) is 1.56. The largest absolute Gasteiger partial charge is 0.435 e. The number of nitrogens with zero attached hydrogens (tertiary/aromatic N) is 2. The number of hydrogen-bond donors (Lipinski definition) is 1. The highest BCUT2D eigenvalue weighted by atomic mass is 19.3. The molecule has 142 valence electrons. The number of benzene rings is 2. The number of rotatable bonds is 6. The van der Waals surface area contributed by atoms with Gasteiger partial charge in [-0.3, -0.25) is 9.69 Å². The Bertz CT molecular complexity index is 868. The summed E-state index contributed by atoms with van der Waals surface area (Å²) in [5.74, 6) is -0.177. The SMILES string of the molecule is CCCc1cccc([C@@]2(c3ccc(OC(F)F)cc3)N=C(N)N(C)C2=O)c1. The van der Waals surface area contributed by atoms with Gasteiger partial charge in [-0.1, -0.05) is 49.7 Å². The average molecular weight is 373 g/mol. The minimum Gasteiger partial charge on any atom is -0.435 e. The van der Waals surface area contributed by atoms with Crippen molar-refractivity contribution >= 4 is 11.9 Å². The van der Waals surface area contributed by atoms with E-state index < -0.39 is 12.2 Å². The Labute approximate surface area is 156 Å². The molecule has 0 radical (unpaired) electrons. The summed E-state index contributed by atoms with van der Waals surface area (Å²) in [4.78, 5) is 18.9. The van der Waals surface area contributed by atoms with E-state index in [0.29, 0.717) is 11.1 Å². The van der Waals surface area contributed by atoms with Gasteiger partial charge in [0.1, 0.15) is 5.75 Å². The Morgan fingerprint density at radius 3 is 2.44 bits per heavy atom. The van der Waals surface area contributed by atoms with Crippen LogP contribution in [0.15, 0.2) is 53.5 Å². The maximum atomic E-state index is 13.2. The molecule has 5 nitrogen and oxygen atoms in total. The average Bonchev–Trinajstić information content (AvgIpc) is 2.87. The molecule has 1 aliphatic rings. The van der Waals surface area contributed by atoms with Crippen molar-refractivity contribution in [3.05, 3.63) is 65.2 Å². The van der Waals surface area contributed by atoms with Gasteiger partial charge >= 0.3 is 6.61 Å². The third-order valence-corrected chi connectivity index (χ3v) is 4.62. The first-order valence-electron chi connectivity index (χ1n) is 8.66. The second-order valence-corrected chi connectivity index (χ2v) is 6.40. The Morgan fingerprint density at radius 2 is 1.89 bits per heavy atom. The number of carbonyl (C=O) groups is 1. The van der Waals surface area contributed by atoms with Crippen LogP contribution in [-0.2, 0) is 16.8 Å². The zero-order valence-electron chi connectivity index (χ0n) is 15.2.